The summed E-state index contributed by atoms with van der Waals surface area (Å²) in [6.07, 6.45) is 1.63. The summed E-state index contributed by atoms with van der Waals surface area (Å²) in [6, 6.07) is 10.9. The van der Waals surface area contributed by atoms with Crippen LogP contribution in [0, 0.1) is 0 Å². The summed E-state index contributed by atoms with van der Waals surface area (Å²) >= 11 is 4.98. The maximum atomic E-state index is 5.75. The van der Waals surface area contributed by atoms with Gasteiger partial charge in [-0.2, -0.15) is 0 Å². The Morgan fingerprint density at radius 1 is 1.21 bits per heavy atom. The van der Waals surface area contributed by atoms with Crippen LogP contribution in [-0.2, 0) is 0 Å². The van der Waals surface area contributed by atoms with Crippen LogP contribution in [0.5, 0.6) is 17.4 Å². The molecule has 0 spiro atoms. The van der Waals surface area contributed by atoms with Gasteiger partial charge in [-0.25, -0.2) is 4.98 Å². The maximum absolute atomic E-state index is 5.75. The number of pyridine rings is 1. The van der Waals surface area contributed by atoms with E-state index in [4.69, 9.17) is 27.4 Å². The summed E-state index contributed by atoms with van der Waals surface area (Å²) in [7, 11) is 0. The third-order valence-corrected chi connectivity index (χ3v) is 2.61. The molecule has 0 aliphatic rings. The monoisotopic (exact) mass is 274 g/mol. The van der Waals surface area contributed by atoms with Crippen LogP contribution < -0.4 is 15.2 Å². The lowest BCUT2D eigenvalue weighted by atomic mass is 10.2. The van der Waals surface area contributed by atoms with Crippen molar-refractivity contribution in [1.29, 1.82) is 0 Å². The SMILES string of the molecule is CCOc1ccccc1Oc1ncccc1C(N)=S. The lowest BCUT2D eigenvalue weighted by Crippen LogP contribution is -2.11. The summed E-state index contributed by atoms with van der Waals surface area (Å²) in [5.41, 5.74) is 6.25. The zero-order valence-electron chi connectivity index (χ0n) is 10.5. The second kappa shape index (κ2) is 6.15. The Balaban J connectivity index is 2.34. The first-order valence-electron chi connectivity index (χ1n) is 5.87. The highest BCUT2D eigenvalue weighted by atomic mass is 32.1. The van der Waals surface area contributed by atoms with Crippen LogP contribution in [0.2, 0.25) is 0 Å². The molecule has 5 heteroatoms. The fraction of sp³-hybridized carbons (Fsp3) is 0.143. The number of ether oxygens (including phenoxy) is 2. The molecule has 2 rings (SSSR count). The number of para-hydroxylation sites is 2. The van der Waals surface area contributed by atoms with E-state index in [-0.39, 0.29) is 4.99 Å². The van der Waals surface area contributed by atoms with Crippen LogP contribution in [0.1, 0.15) is 12.5 Å². The van der Waals surface area contributed by atoms with E-state index in [1.807, 2.05) is 31.2 Å². The molecule has 0 aliphatic carbocycles. The molecule has 98 valence electrons. The van der Waals surface area contributed by atoms with Gasteiger partial charge in [0.15, 0.2) is 11.5 Å². The minimum atomic E-state index is 0.247. The van der Waals surface area contributed by atoms with Gasteiger partial charge in [-0.3, -0.25) is 0 Å². The number of nitrogens with two attached hydrogens (primary N) is 1. The Bertz CT molecular complexity index is 587. The molecule has 0 amide bonds. The molecule has 0 aliphatic heterocycles. The van der Waals surface area contributed by atoms with Gasteiger partial charge in [0.25, 0.3) is 0 Å². The van der Waals surface area contributed by atoms with Gasteiger partial charge in [0, 0.05) is 6.20 Å². The fourth-order valence-electron chi connectivity index (χ4n) is 1.57. The Kier molecular flexibility index (Phi) is 4.30. The molecule has 1 aromatic carbocycles. The molecule has 1 aromatic heterocycles. The smallest absolute Gasteiger partial charge is 0.229 e. The molecule has 0 fully saturated rings. The minimum absolute atomic E-state index is 0.247. The van der Waals surface area contributed by atoms with E-state index in [2.05, 4.69) is 4.98 Å². The number of aromatic nitrogens is 1. The summed E-state index contributed by atoms with van der Waals surface area (Å²) < 4.78 is 11.2. The van der Waals surface area contributed by atoms with Gasteiger partial charge in [-0.15, -0.1) is 0 Å². The molecule has 0 saturated carbocycles. The van der Waals surface area contributed by atoms with Crippen molar-refractivity contribution in [2.75, 3.05) is 6.61 Å². The van der Waals surface area contributed by atoms with Crippen LogP contribution in [0.4, 0.5) is 0 Å². The van der Waals surface area contributed by atoms with Gasteiger partial charge in [-0.1, -0.05) is 24.4 Å². The number of rotatable bonds is 5. The highest BCUT2D eigenvalue weighted by Gasteiger charge is 2.11. The quantitative estimate of drug-likeness (QED) is 0.850. The Hall–Kier alpha value is -2.14. The van der Waals surface area contributed by atoms with E-state index in [0.29, 0.717) is 29.5 Å². The second-order valence-electron chi connectivity index (χ2n) is 3.70. The zero-order chi connectivity index (χ0) is 13.7. The van der Waals surface area contributed by atoms with E-state index < -0.39 is 0 Å². The molecule has 0 unspecified atom stereocenters. The summed E-state index contributed by atoms with van der Waals surface area (Å²) in [5.74, 6) is 1.62. The minimum Gasteiger partial charge on any atom is -0.490 e. The first-order chi connectivity index (χ1) is 9.22. The largest absolute Gasteiger partial charge is 0.490 e. The predicted molar refractivity (Wildman–Crippen MR) is 77.8 cm³/mol. The van der Waals surface area contributed by atoms with Crippen LogP contribution in [0.15, 0.2) is 42.6 Å². The predicted octanol–water partition coefficient (Wildman–Crippen LogP) is 2.91. The van der Waals surface area contributed by atoms with Crippen LogP contribution >= 0.6 is 12.2 Å². The molecule has 2 aromatic rings. The summed E-state index contributed by atoms with van der Waals surface area (Å²) in [4.78, 5) is 4.40. The van der Waals surface area contributed by atoms with Crippen molar-refractivity contribution in [2.24, 2.45) is 5.73 Å². The Morgan fingerprint density at radius 2 is 1.95 bits per heavy atom. The lowest BCUT2D eigenvalue weighted by molar-refractivity contribution is 0.319. The molecule has 0 saturated heterocycles. The third kappa shape index (κ3) is 3.20. The average Bonchev–Trinajstić information content (AvgIpc) is 2.42. The van der Waals surface area contributed by atoms with Crippen molar-refractivity contribution in [2.45, 2.75) is 6.92 Å². The molecule has 0 radical (unpaired) electrons. The molecule has 0 bridgehead atoms. The van der Waals surface area contributed by atoms with Gasteiger partial charge in [0.1, 0.15) is 4.99 Å². The van der Waals surface area contributed by atoms with Crippen LogP contribution in [0.3, 0.4) is 0 Å². The van der Waals surface area contributed by atoms with Crippen molar-refractivity contribution < 1.29 is 9.47 Å². The highest BCUT2D eigenvalue weighted by molar-refractivity contribution is 7.80. The van der Waals surface area contributed by atoms with Gasteiger partial charge < -0.3 is 15.2 Å². The molecule has 19 heavy (non-hydrogen) atoms. The molecule has 4 nitrogen and oxygen atoms in total. The molecular weight excluding hydrogens is 260 g/mol. The molecule has 2 N–H and O–H groups in total. The van der Waals surface area contributed by atoms with Crippen molar-refractivity contribution >= 4 is 17.2 Å². The third-order valence-electron chi connectivity index (χ3n) is 2.39. The molecule has 0 atom stereocenters. The Morgan fingerprint density at radius 3 is 2.63 bits per heavy atom. The van der Waals surface area contributed by atoms with Crippen molar-refractivity contribution in [1.82, 2.24) is 4.98 Å². The fourth-order valence-corrected chi connectivity index (χ4v) is 1.73. The molecule has 1 heterocycles. The van der Waals surface area contributed by atoms with Gasteiger partial charge in [0.05, 0.1) is 12.2 Å². The van der Waals surface area contributed by atoms with E-state index in [1.54, 1.807) is 18.3 Å². The van der Waals surface area contributed by atoms with Gasteiger partial charge >= 0.3 is 0 Å². The van der Waals surface area contributed by atoms with E-state index in [9.17, 15) is 0 Å². The van der Waals surface area contributed by atoms with Crippen molar-refractivity contribution in [3.05, 3.63) is 48.2 Å². The first-order valence-corrected chi connectivity index (χ1v) is 6.27. The standard InChI is InChI=1S/C14H14N2O2S/c1-2-17-11-7-3-4-8-12(11)18-14-10(13(15)19)6-5-9-16-14/h3-9H,2H2,1H3,(H2,15,19). The van der Waals surface area contributed by atoms with Crippen LogP contribution in [-0.4, -0.2) is 16.6 Å². The average molecular weight is 274 g/mol. The summed E-state index contributed by atoms with van der Waals surface area (Å²) in [5, 5.41) is 0. The first kappa shape index (κ1) is 13.3. The number of thiocarbonyl (C=S) groups is 1. The van der Waals surface area contributed by atoms with E-state index >= 15 is 0 Å². The topological polar surface area (TPSA) is 57.4 Å². The molecular formula is C14H14N2O2S. The van der Waals surface area contributed by atoms with E-state index in [1.165, 1.54) is 0 Å². The maximum Gasteiger partial charge on any atom is 0.229 e. The second-order valence-corrected chi connectivity index (χ2v) is 4.14. The number of nitrogens with zero attached hydrogens (tertiary/aromatic N) is 1. The van der Waals surface area contributed by atoms with E-state index in [0.717, 1.165) is 0 Å². The number of benzene rings is 1. The van der Waals surface area contributed by atoms with Gasteiger partial charge in [-0.05, 0) is 31.2 Å². The van der Waals surface area contributed by atoms with Crippen molar-refractivity contribution in [3.63, 3.8) is 0 Å². The number of hydrogen-bond acceptors (Lipinski definition) is 4. The zero-order valence-corrected chi connectivity index (χ0v) is 11.3. The highest BCUT2D eigenvalue weighted by Crippen LogP contribution is 2.31. The van der Waals surface area contributed by atoms with Crippen LogP contribution in [0.25, 0.3) is 0 Å². The van der Waals surface area contributed by atoms with Crippen molar-refractivity contribution in [3.8, 4) is 17.4 Å². The Labute approximate surface area is 117 Å². The summed E-state index contributed by atoms with van der Waals surface area (Å²) in [6.45, 7) is 2.47. The number of hydrogen-bond donors (Lipinski definition) is 1. The van der Waals surface area contributed by atoms with Gasteiger partial charge in [0.2, 0.25) is 5.88 Å². The normalized spacial score (nSPS) is 9.95. The lowest BCUT2D eigenvalue weighted by Gasteiger charge is -2.12.